The molecule has 0 saturated carbocycles. The molecule has 9 nitrogen and oxygen atoms in total. The van der Waals surface area contributed by atoms with Crippen molar-refractivity contribution >= 4 is 11.6 Å². The Kier molecular flexibility index (Phi) is 6.49. The number of benzene rings is 1. The van der Waals surface area contributed by atoms with Gasteiger partial charge in [-0.2, -0.15) is 5.10 Å². The molecule has 0 spiro atoms. The summed E-state index contributed by atoms with van der Waals surface area (Å²) >= 11 is 0. The highest BCUT2D eigenvalue weighted by atomic mass is 16.1. The van der Waals surface area contributed by atoms with Crippen molar-refractivity contribution in [1.82, 2.24) is 40.2 Å². The third-order valence-electron chi connectivity index (χ3n) is 5.53. The number of hydrogen-bond acceptors (Lipinski definition) is 7. The fraction of sp³-hybridized carbons (Fsp3) is 0.154. The number of hydrogen-bond donors (Lipinski definition) is 2. The van der Waals surface area contributed by atoms with E-state index >= 15 is 0 Å². The van der Waals surface area contributed by atoms with Crippen LogP contribution in [0.3, 0.4) is 0 Å². The molecule has 0 aliphatic rings. The lowest BCUT2D eigenvalue weighted by Crippen LogP contribution is -2.38. The first-order chi connectivity index (χ1) is 17.2. The Bertz CT molecular complexity index is 1440. The first-order valence-electron chi connectivity index (χ1n) is 11.3. The van der Waals surface area contributed by atoms with Gasteiger partial charge in [-0.15, -0.1) is 0 Å². The molecule has 0 unspecified atom stereocenters. The number of fused-ring (bicyclic) bond motifs is 1. The van der Waals surface area contributed by atoms with Gasteiger partial charge in [0.15, 0.2) is 5.65 Å². The second kappa shape index (κ2) is 10.2. The molecule has 2 N–H and O–H groups in total. The third kappa shape index (κ3) is 5.20. The smallest absolute Gasteiger partial charge is 0.251 e. The van der Waals surface area contributed by atoms with Crippen molar-refractivity contribution in [3.05, 3.63) is 97.0 Å². The number of pyridine rings is 1. The minimum atomic E-state index is -0.173. The van der Waals surface area contributed by atoms with Gasteiger partial charge in [-0.1, -0.05) is 30.3 Å². The van der Waals surface area contributed by atoms with Crippen LogP contribution in [0.5, 0.6) is 0 Å². The van der Waals surface area contributed by atoms with E-state index in [-0.39, 0.29) is 11.9 Å². The van der Waals surface area contributed by atoms with Crippen LogP contribution in [-0.2, 0) is 6.54 Å². The number of aromatic nitrogens is 6. The highest BCUT2D eigenvalue weighted by Crippen LogP contribution is 2.25. The second-order valence-electron chi connectivity index (χ2n) is 8.09. The number of nitrogens with zero attached hydrogens (tertiary/aromatic N) is 6. The molecule has 5 rings (SSSR count). The summed E-state index contributed by atoms with van der Waals surface area (Å²) in [4.78, 5) is 30.5. The van der Waals surface area contributed by atoms with Gasteiger partial charge in [0.05, 0.1) is 29.7 Å². The SMILES string of the molecule is C[C@@H](CNC(=O)c1ccnc(-c2cnn3ccc(-c4ccccc4)nc23)c1)NCc1ncccn1. The summed E-state index contributed by atoms with van der Waals surface area (Å²) < 4.78 is 1.71. The largest absolute Gasteiger partial charge is 0.350 e. The summed E-state index contributed by atoms with van der Waals surface area (Å²) in [5, 5.41) is 10.7. The first-order valence-corrected chi connectivity index (χ1v) is 11.3. The molecule has 0 bridgehead atoms. The fourth-order valence-corrected chi connectivity index (χ4v) is 3.65. The van der Waals surface area contributed by atoms with Crippen molar-refractivity contribution in [1.29, 1.82) is 0 Å². The van der Waals surface area contributed by atoms with E-state index in [9.17, 15) is 4.79 Å². The van der Waals surface area contributed by atoms with Crippen LogP contribution in [-0.4, -0.2) is 48.0 Å². The number of carbonyl (C=O) groups is 1. The van der Waals surface area contributed by atoms with E-state index < -0.39 is 0 Å². The lowest BCUT2D eigenvalue weighted by Gasteiger charge is -2.14. The van der Waals surface area contributed by atoms with Gasteiger partial charge in [-0.05, 0) is 31.2 Å². The van der Waals surface area contributed by atoms with Gasteiger partial charge in [0.25, 0.3) is 5.91 Å². The van der Waals surface area contributed by atoms with E-state index in [1.807, 2.05) is 49.5 Å². The van der Waals surface area contributed by atoms with Crippen LogP contribution in [0.2, 0.25) is 0 Å². The maximum atomic E-state index is 12.8. The number of rotatable bonds is 8. The molecular formula is C26H24N8O. The highest BCUT2D eigenvalue weighted by Gasteiger charge is 2.14. The summed E-state index contributed by atoms with van der Waals surface area (Å²) in [5.74, 6) is 0.537. The maximum absolute atomic E-state index is 12.8. The van der Waals surface area contributed by atoms with Gasteiger partial charge >= 0.3 is 0 Å². The van der Waals surface area contributed by atoms with Crippen molar-refractivity contribution in [2.24, 2.45) is 0 Å². The van der Waals surface area contributed by atoms with Gasteiger partial charge in [-0.25, -0.2) is 19.5 Å². The molecule has 35 heavy (non-hydrogen) atoms. The molecule has 9 heteroatoms. The lowest BCUT2D eigenvalue weighted by molar-refractivity contribution is 0.0950. The maximum Gasteiger partial charge on any atom is 0.251 e. The molecular weight excluding hydrogens is 440 g/mol. The van der Waals surface area contributed by atoms with Crippen LogP contribution in [0.25, 0.3) is 28.2 Å². The Labute approximate surface area is 202 Å². The van der Waals surface area contributed by atoms with Gasteiger partial charge < -0.3 is 10.6 Å². The van der Waals surface area contributed by atoms with Gasteiger partial charge in [-0.3, -0.25) is 9.78 Å². The van der Waals surface area contributed by atoms with Gasteiger partial charge in [0.2, 0.25) is 0 Å². The van der Waals surface area contributed by atoms with Gasteiger partial charge in [0, 0.05) is 48.5 Å². The lowest BCUT2D eigenvalue weighted by atomic mass is 10.1. The average Bonchev–Trinajstić information content (AvgIpc) is 3.35. The van der Waals surface area contributed by atoms with E-state index in [4.69, 9.17) is 4.98 Å². The molecule has 4 heterocycles. The molecule has 1 aromatic carbocycles. The predicted octanol–water partition coefficient (Wildman–Crippen LogP) is 3.16. The van der Waals surface area contributed by atoms with Crippen LogP contribution in [0.15, 0.2) is 85.6 Å². The van der Waals surface area contributed by atoms with Crippen LogP contribution in [0, 0.1) is 0 Å². The van der Waals surface area contributed by atoms with Crippen molar-refractivity contribution < 1.29 is 4.79 Å². The summed E-state index contributed by atoms with van der Waals surface area (Å²) in [6.45, 7) is 2.99. The standard InChI is InChI=1S/C26H24N8O/c1-18(30-17-24-28-10-5-11-29-24)15-31-26(35)20-8-12-27-23(14-20)21-16-32-34-13-9-22(33-25(21)34)19-6-3-2-4-7-19/h2-14,16,18,30H,15,17H2,1H3,(H,31,35)/t18-/m0/s1. The Balaban J connectivity index is 1.29. The molecule has 0 aliphatic heterocycles. The Hall–Kier alpha value is -4.50. The highest BCUT2D eigenvalue weighted by molar-refractivity contribution is 5.95. The number of carbonyl (C=O) groups excluding carboxylic acids is 1. The van der Waals surface area contributed by atoms with Gasteiger partial charge in [0.1, 0.15) is 5.82 Å². The summed E-state index contributed by atoms with van der Waals surface area (Å²) in [5.41, 5.74) is 4.46. The van der Waals surface area contributed by atoms with Crippen LogP contribution in [0.1, 0.15) is 23.1 Å². The number of amides is 1. The van der Waals surface area contributed by atoms with Crippen molar-refractivity contribution in [2.75, 3.05) is 6.54 Å². The minimum Gasteiger partial charge on any atom is -0.350 e. The fourth-order valence-electron chi connectivity index (χ4n) is 3.65. The van der Waals surface area contributed by atoms with Crippen LogP contribution >= 0.6 is 0 Å². The Morgan fingerprint density at radius 2 is 1.80 bits per heavy atom. The van der Waals surface area contributed by atoms with Crippen molar-refractivity contribution in [3.8, 4) is 22.5 Å². The summed E-state index contributed by atoms with van der Waals surface area (Å²) in [7, 11) is 0. The second-order valence-corrected chi connectivity index (χ2v) is 8.09. The third-order valence-corrected chi connectivity index (χ3v) is 5.53. The Morgan fingerprint density at radius 3 is 2.63 bits per heavy atom. The number of nitrogens with one attached hydrogen (secondary N) is 2. The van der Waals surface area contributed by atoms with E-state index in [0.29, 0.717) is 35.8 Å². The minimum absolute atomic E-state index is 0.0456. The molecule has 4 aromatic heterocycles. The molecule has 0 aliphatic carbocycles. The Morgan fingerprint density at radius 1 is 0.971 bits per heavy atom. The van der Waals surface area contributed by atoms with E-state index in [2.05, 4.69) is 30.7 Å². The molecule has 0 radical (unpaired) electrons. The normalized spacial score (nSPS) is 11.9. The molecule has 0 saturated heterocycles. The molecule has 174 valence electrons. The van der Waals surface area contributed by atoms with Crippen molar-refractivity contribution in [3.63, 3.8) is 0 Å². The van der Waals surface area contributed by atoms with Crippen molar-refractivity contribution in [2.45, 2.75) is 19.5 Å². The average molecular weight is 465 g/mol. The van der Waals surface area contributed by atoms with E-state index in [0.717, 1.165) is 16.8 Å². The zero-order valence-corrected chi connectivity index (χ0v) is 19.2. The summed E-state index contributed by atoms with van der Waals surface area (Å²) in [6.07, 6.45) is 8.64. The van der Waals surface area contributed by atoms with Crippen LogP contribution < -0.4 is 10.6 Å². The predicted molar refractivity (Wildman–Crippen MR) is 132 cm³/mol. The molecule has 5 aromatic rings. The zero-order valence-electron chi connectivity index (χ0n) is 19.2. The molecule has 0 fully saturated rings. The van der Waals surface area contributed by atoms with Crippen LogP contribution in [0.4, 0.5) is 0 Å². The van der Waals surface area contributed by atoms with E-state index in [1.54, 1.807) is 47.5 Å². The summed E-state index contributed by atoms with van der Waals surface area (Å²) in [6, 6.07) is 17.2. The molecule has 1 amide bonds. The molecule has 1 atom stereocenters. The van der Waals surface area contributed by atoms with E-state index in [1.165, 1.54) is 0 Å². The zero-order chi connectivity index (χ0) is 24.0. The monoisotopic (exact) mass is 464 g/mol. The topological polar surface area (TPSA) is 110 Å². The first kappa shape index (κ1) is 22.3. The quantitative estimate of drug-likeness (QED) is 0.363.